The number of nitrogens with zero attached hydrogens (tertiary/aromatic N) is 3. The topological polar surface area (TPSA) is 45.6 Å². The van der Waals surface area contributed by atoms with Gasteiger partial charge in [-0.3, -0.25) is 9.79 Å². The van der Waals surface area contributed by atoms with Gasteiger partial charge in [-0.25, -0.2) is 4.98 Å². The molecule has 4 nitrogen and oxygen atoms in total. The van der Waals surface area contributed by atoms with Crippen molar-refractivity contribution in [1.29, 1.82) is 0 Å². The van der Waals surface area contributed by atoms with E-state index in [1.165, 1.54) is 0 Å². The lowest BCUT2D eigenvalue weighted by atomic mass is 9.96. The fourth-order valence-electron chi connectivity index (χ4n) is 3.58. The van der Waals surface area contributed by atoms with Gasteiger partial charge >= 0.3 is 0 Å². The van der Waals surface area contributed by atoms with E-state index in [9.17, 15) is 4.79 Å². The van der Waals surface area contributed by atoms with Gasteiger partial charge in [-0.2, -0.15) is 0 Å². The Balaban J connectivity index is 1.68. The highest BCUT2D eigenvalue weighted by atomic mass is 16.1. The molecule has 2 aromatic carbocycles. The third-order valence-electron chi connectivity index (χ3n) is 4.93. The third-order valence-corrected chi connectivity index (χ3v) is 4.93. The molecule has 0 saturated carbocycles. The van der Waals surface area contributed by atoms with Gasteiger partial charge in [0.2, 0.25) is 0 Å². The first-order valence-corrected chi connectivity index (χ1v) is 8.76. The quantitative estimate of drug-likeness (QED) is 0.662. The fraction of sp³-hybridized carbons (Fsp3) is 0.136. The molecule has 26 heavy (non-hydrogen) atoms. The van der Waals surface area contributed by atoms with Crippen LogP contribution in [0.1, 0.15) is 21.5 Å². The summed E-state index contributed by atoms with van der Waals surface area (Å²) in [7, 11) is 0. The lowest BCUT2D eigenvalue weighted by Crippen LogP contribution is -2.35. The lowest BCUT2D eigenvalue weighted by molar-refractivity contribution is 0.104. The Morgan fingerprint density at radius 1 is 1.08 bits per heavy atom. The second-order valence-corrected chi connectivity index (χ2v) is 6.70. The maximum atomic E-state index is 13.1. The molecule has 0 amide bonds. The van der Waals surface area contributed by atoms with Gasteiger partial charge in [0.15, 0.2) is 5.78 Å². The first kappa shape index (κ1) is 15.0. The van der Waals surface area contributed by atoms with Crippen LogP contribution in [-0.4, -0.2) is 29.7 Å². The Kier molecular flexibility index (Phi) is 3.25. The Morgan fingerprint density at radius 2 is 1.88 bits per heavy atom. The largest absolute Gasteiger partial charge is 0.308 e. The van der Waals surface area contributed by atoms with Crippen molar-refractivity contribution in [3.63, 3.8) is 0 Å². The van der Waals surface area contributed by atoms with E-state index in [-0.39, 0.29) is 5.78 Å². The van der Waals surface area contributed by atoms with E-state index < -0.39 is 0 Å². The van der Waals surface area contributed by atoms with Crippen LogP contribution in [0.15, 0.2) is 65.2 Å². The molecule has 126 valence electrons. The maximum absolute atomic E-state index is 13.1. The summed E-state index contributed by atoms with van der Waals surface area (Å²) in [6.45, 7) is 3.46. The van der Waals surface area contributed by atoms with Gasteiger partial charge in [-0.05, 0) is 25.1 Å². The van der Waals surface area contributed by atoms with Crippen LogP contribution < -0.4 is 4.90 Å². The summed E-state index contributed by atoms with van der Waals surface area (Å²) in [6.07, 6.45) is 1.94. The van der Waals surface area contributed by atoms with E-state index in [1.807, 2.05) is 61.5 Å². The highest BCUT2D eigenvalue weighted by molar-refractivity contribution is 6.35. The maximum Gasteiger partial charge on any atom is 0.196 e. The zero-order valence-corrected chi connectivity index (χ0v) is 14.4. The number of rotatable bonds is 2. The number of amidine groups is 1. The number of hydrogen-bond acceptors (Lipinski definition) is 4. The fourth-order valence-corrected chi connectivity index (χ4v) is 3.58. The van der Waals surface area contributed by atoms with Gasteiger partial charge in [-0.1, -0.05) is 48.0 Å². The summed E-state index contributed by atoms with van der Waals surface area (Å²) in [5.74, 6) is 1.64. The average molecular weight is 339 g/mol. The molecule has 0 radical (unpaired) electrons. The van der Waals surface area contributed by atoms with Gasteiger partial charge < -0.3 is 4.90 Å². The number of aromatic nitrogens is 1. The van der Waals surface area contributed by atoms with Crippen LogP contribution in [0, 0.1) is 6.92 Å². The molecular weight excluding hydrogens is 322 g/mol. The summed E-state index contributed by atoms with van der Waals surface area (Å²) >= 11 is 0. The molecule has 5 rings (SSSR count). The number of aliphatic imine (C=N–C) groups is 1. The molecule has 0 saturated heterocycles. The molecule has 0 bridgehead atoms. The molecule has 0 spiro atoms. The molecule has 2 aliphatic rings. The van der Waals surface area contributed by atoms with Crippen molar-refractivity contribution in [2.24, 2.45) is 4.99 Å². The van der Waals surface area contributed by atoms with Gasteiger partial charge in [0.05, 0.1) is 17.6 Å². The molecule has 0 fully saturated rings. The Bertz CT molecular complexity index is 1110. The van der Waals surface area contributed by atoms with Crippen molar-refractivity contribution in [3.8, 4) is 0 Å². The molecular formula is C22H17N3O. The van der Waals surface area contributed by atoms with Crippen LogP contribution in [0.4, 0.5) is 5.82 Å². The second kappa shape index (κ2) is 5.63. The zero-order chi connectivity index (χ0) is 17.7. The highest BCUT2D eigenvalue weighted by Gasteiger charge is 2.32. The molecule has 4 heteroatoms. The minimum absolute atomic E-state index is 0.00876. The summed E-state index contributed by atoms with van der Waals surface area (Å²) in [6, 6.07) is 17.9. The Labute approximate surface area is 151 Å². The number of ketones is 1. The first-order valence-electron chi connectivity index (χ1n) is 8.76. The number of fused-ring (bicyclic) bond motifs is 4. The number of benzene rings is 2. The smallest absolute Gasteiger partial charge is 0.196 e. The van der Waals surface area contributed by atoms with E-state index in [2.05, 4.69) is 16.0 Å². The number of carbonyl (C=O) groups excluding carboxylic acids is 1. The molecule has 0 aliphatic carbocycles. The predicted octanol–water partition coefficient (Wildman–Crippen LogP) is 4.04. The molecule has 1 aromatic heterocycles. The minimum atomic E-state index is 0.00876. The van der Waals surface area contributed by atoms with E-state index >= 15 is 0 Å². The molecule has 0 N–H and O–H groups in total. The first-order chi connectivity index (χ1) is 12.7. The van der Waals surface area contributed by atoms with Crippen LogP contribution in [0.25, 0.3) is 17.0 Å². The zero-order valence-electron chi connectivity index (χ0n) is 14.4. The van der Waals surface area contributed by atoms with Crippen molar-refractivity contribution < 1.29 is 4.79 Å². The van der Waals surface area contributed by atoms with Gasteiger partial charge in [0.1, 0.15) is 11.7 Å². The predicted molar refractivity (Wildman–Crippen MR) is 105 cm³/mol. The molecule has 3 heterocycles. The van der Waals surface area contributed by atoms with Gasteiger partial charge in [0.25, 0.3) is 0 Å². The van der Waals surface area contributed by atoms with Gasteiger partial charge in [0, 0.05) is 23.1 Å². The Morgan fingerprint density at radius 3 is 2.73 bits per heavy atom. The summed E-state index contributed by atoms with van der Waals surface area (Å²) in [5.41, 5.74) is 4.41. The standard InChI is InChI=1S/C22H17N3O/c1-14-6-8-15(9-7-14)20(26)18-13-17-12-16-4-2-3-5-19(16)24-21(17)25-11-10-23-22(18)25/h2-9,12-13H,10-11H2,1H3. The normalized spacial score (nSPS) is 15.3. The average Bonchev–Trinajstić information content (AvgIpc) is 3.16. The van der Waals surface area contributed by atoms with Crippen LogP contribution in [0.2, 0.25) is 0 Å². The number of para-hydroxylation sites is 1. The van der Waals surface area contributed by atoms with E-state index in [0.717, 1.165) is 40.2 Å². The summed E-state index contributed by atoms with van der Waals surface area (Å²) in [5, 5.41) is 1.07. The van der Waals surface area contributed by atoms with Crippen molar-refractivity contribution in [2.45, 2.75) is 6.92 Å². The second-order valence-electron chi connectivity index (χ2n) is 6.70. The number of aryl methyl sites for hydroxylation is 1. The van der Waals surface area contributed by atoms with Gasteiger partial charge in [-0.15, -0.1) is 0 Å². The van der Waals surface area contributed by atoms with E-state index in [1.54, 1.807) is 0 Å². The molecule has 0 unspecified atom stereocenters. The summed E-state index contributed by atoms with van der Waals surface area (Å²) < 4.78 is 0. The van der Waals surface area contributed by atoms with Crippen LogP contribution in [-0.2, 0) is 0 Å². The molecule has 2 aliphatic heterocycles. The van der Waals surface area contributed by atoms with Crippen LogP contribution in [0.3, 0.4) is 0 Å². The van der Waals surface area contributed by atoms with Crippen molar-refractivity contribution in [1.82, 2.24) is 4.98 Å². The highest BCUT2D eigenvalue weighted by Crippen LogP contribution is 2.34. The van der Waals surface area contributed by atoms with Crippen molar-refractivity contribution in [3.05, 3.63) is 76.9 Å². The molecule has 0 atom stereocenters. The number of carbonyl (C=O) groups is 1. The SMILES string of the molecule is Cc1ccc(C(=O)C2=Cc3cc4ccccc4nc3N3CCN=C23)cc1. The summed E-state index contributed by atoms with van der Waals surface area (Å²) in [4.78, 5) is 24.6. The van der Waals surface area contributed by atoms with E-state index in [0.29, 0.717) is 17.7 Å². The number of hydrogen-bond donors (Lipinski definition) is 0. The van der Waals surface area contributed by atoms with E-state index in [4.69, 9.17) is 4.98 Å². The van der Waals surface area contributed by atoms with Crippen molar-refractivity contribution in [2.75, 3.05) is 18.0 Å². The minimum Gasteiger partial charge on any atom is -0.308 e. The molecule has 3 aromatic rings. The monoisotopic (exact) mass is 339 g/mol. The third kappa shape index (κ3) is 2.26. The van der Waals surface area contributed by atoms with Crippen molar-refractivity contribution >= 4 is 34.4 Å². The Hall–Kier alpha value is -3.27. The number of pyridine rings is 1. The lowest BCUT2D eigenvalue weighted by Gasteiger charge is -2.27. The van der Waals surface area contributed by atoms with Crippen LogP contribution >= 0.6 is 0 Å². The van der Waals surface area contributed by atoms with Crippen LogP contribution in [0.5, 0.6) is 0 Å². The number of anilines is 1. The number of Topliss-reactive ketones (excluding diaryl/α,β-unsaturated/α-hetero) is 1.